The van der Waals surface area contributed by atoms with Crippen molar-refractivity contribution in [1.82, 2.24) is 4.57 Å². The number of hydrogen-bond donors (Lipinski definition) is 0. The quantitative estimate of drug-likeness (QED) is 0.635. The first-order valence-corrected chi connectivity index (χ1v) is 6.02. The highest BCUT2D eigenvalue weighted by molar-refractivity contribution is 5.98. The van der Waals surface area contributed by atoms with Gasteiger partial charge in [-0.05, 0) is 31.2 Å². The number of fused-ring (bicyclic) bond motifs is 1. The van der Waals surface area contributed by atoms with Crippen LogP contribution in [0.3, 0.4) is 0 Å². The lowest BCUT2D eigenvalue weighted by molar-refractivity contribution is 0.112. The largest absolute Gasteiger partial charge is 0.313 e. The summed E-state index contributed by atoms with van der Waals surface area (Å²) in [5.74, 6) is -0.308. The van der Waals surface area contributed by atoms with Gasteiger partial charge in [-0.2, -0.15) is 0 Å². The lowest BCUT2D eigenvalue weighted by Crippen LogP contribution is -1.95. The second-order valence-corrected chi connectivity index (χ2v) is 4.54. The van der Waals surface area contributed by atoms with Crippen molar-refractivity contribution in [3.63, 3.8) is 0 Å². The molecule has 2 nitrogen and oxygen atoms in total. The molecule has 3 heteroatoms. The van der Waals surface area contributed by atoms with Gasteiger partial charge >= 0.3 is 0 Å². The summed E-state index contributed by atoms with van der Waals surface area (Å²) < 4.78 is 15.6. The molecule has 2 aromatic carbocycles. The van der Waals surface area contributed by atoms with Crippen LogP contribution in [0.1, 0.15) is 15.9 Å². The summed E-state index contributed by atoms with van der Waals surface area (Å²) in [5, 5.41) is 0.846. The van der Waals surface area contributed by atoms with E-state index in [1.165, 1.54) is 6.07 Å². The van der Waals surface area contributed by atoms with Crippen molar-refractivity contribution in [3.05, 3.63) is 65.6 Å². The predicted octanol–water partition coefficient (Wildman–Crippen LogP) is 3.89. The van der Waals surface area contributed by atoms with Crippen LogP contribution in [-0.2, 0) is 0 Å². The average Bonchev–Trinajstić information content (AvgIpc) is 2.77. The zero-order valence-electron chi connectivity index (χ0n) is 10.4. The molecule has 1 heterocycles. The number of para-hydroxylation sites is 1. The number of nitrogens with zero attached hydrogens (tertiary/aromatic N) is 1. The minimum atomic E-state index is -0.308. The Hall–Kier alpha value is -2.42. The second kappa shape index (κ2) is 4.35. The van der Waals surface area contributed by atoms with E-state index in [0.717, 1.165) is 22.8 Å². The Morgan fingerprint density at radius 3 is 2.68 bits per heavy atom. The smallest absolute Gasteiger partial charge is 0.152 e. The normalized spacial score (nSPS) is 10.8. The first-order valence-electron chi connectivity index (χ1n) is 6.02. The maximum atomic E-state index is 13.9. The highest BCUT2D eigenvalue weighted by atomic mass is 19.1. The molecular formula is C16H12FNO. The molecule has 0 aliphatic rings. The summed E-state index contributed by atoms with van der Waals surface area (Å²) in [7, 11) is 0. The highest BCUT2D eigenvalue weighted by Gasteiger charge is 2.11. The number of carbonyl (C=O) groups is 1. The number of aromatic nitrogens is 1. The van der Waals surface area contributed by atoms with Gasteiger partial charge in [-0.1, -0.05) is 23.8 Å². The number of carbonyl (C=O) groups excluding carboxylic acids is 1. The van der Waals surface area contributed by atoms with Gasteiger partial charge in [0.2, 0.25) is 0 Å². The number of aryl methyl sites for hydroxylation is 1. The molecule has 0 amide bonds. The number of rotatable bonds is 2. The van der Waals surface area contributed by atoms with Gasteiger partial charge in [0, 0.05) is 17.1 Å². The molecule has 0 spiro atoms. The zero-order chi connectivity index (χ0) is 13.4. The SMILES string of the molecule is Cc1ccc2c(c1)c(C=O)cn2-c1ccccc1F. The van der Waals surface area contributed by atoms with Gasteiger partial charge in [-0.25, -0.2) is 4.39 Å². The number of hydrogen-bond acceptors (Lipinski definition) is 1. The molecule has 0 N–H and O–H groups in total. The van der Waals surface area contributed by atoms with Crippen LogP contribution in [0, 0.1) is 12.7 Å². The molecule has 0 bridgehead atoms. The first-order chi connectivity index (χ1) is 9.20. The predicted molar refractivity (Wildman–Crippen MR) is 73.4 cm³/mol. The van der Waals surface area contributed by atoms with Gasteiger partial charge in [0.1, 0.15) is 5.82 Å². The van der Waals surface area contributed by atoms with E-state index in [9.17, 15) is 9.18 Å². The van der Waals surface area contributed by atoms with Crippen LogP contribution in [0.15, 0.2) is 48.7 Å². The third kappa shape index (κ3) is 1.83. The maximum Gasteiger partial charge on any atom is 0.152 e. The minimum absolute atomic E-state index is 0.308. The molecule has 0 radical (unpaired) electrons. The van der Waals surface area contributed by atoms with Crippen LogP contribution in [0.5, 0.6) is 0 Å². The molecule has 0 aliphatic heterocycles. The van der Waals surface area contributed by atoms with Crippen molar-refractivity contribution in [2.75, 3.05) is 0 Å². The molecule has 94 valence electrons. The lowest BCUT2D eigenvalue weighted by atomic mass is 10.1. The lowest BCUT2D eigenvalue weighted by Gasteiger charge is -2.06. The van der Waals surface area contributed by atoms with Crippen molar-refractivity contribution in [2.45, 2.75) is 6.92 Å². The van der Waals surface area contributed by atoms with Crippen LogP contribution < -0.4 is 0 Å². The van der Waals surface area contributed by atoms with Crippen LogP contribution >= 0.6 is 0 Å². The molecule has 0 aliphatic carbocycles. The van der Waals surface area contributed by atoms with Gasteiger partial charge in [0.15, 0.2) is 6.29 Å². The van der Waals surface area contributed by atoms with Crippen molar-refractivity contribution >= 4 is 17.2 Å². The topological polar surface area (TPSA) is 22.0 Å². The van der Waals surface area contributed by atoms with E-state index in [0.29, 0.717) is 11.3 Å². The van der Waals surface area contributed by atoms with Crippen molar-refractivity contribution in [2.24, 2.45) is 0 Å². The number of halogens is 1. The summed E-state index contributed by atoms with van der Waals surface area (Å²) in [6.07, 6.45) is 2.48. The molecular weight excluding hydrogens is 241 g/mol. The molecule has 0 saturated heterocycles. The van der Waals surface area contributed by atoms with Gasteiger partial charge in [-0.3, -0.25) is 4.79 Å². The average molecular weight is 253 g/mol. The third-order valence-electron chi connectivity index (χ3n) is 3.23. The molecule has 3 rings (SSSR count). The molecule has 1 aromatic heterocycles. The Bertz CT molecular complexity index is 774. The van der Waals surface area contributed by atoms with Crippen molar-refractivity contribution < 1.29 is 9.18 Å². The van der Waals surface area contributed by atoms with Gasteiger partial charge in [-0.15, -0.1) is 0 Å². The Morgan fingerprint density at radius 2 is 1.95 bits per heavy atom. The summed E-state index contributed by atoms with van der Waals surface area (Å²) in [6.45, 7) is 1.97. The van der Waals surface area contributed by atoms with Crippen LogP contribution in [0.25, 0.3) is 16.6 Å². The first kappa shape index (κ1) is 11.7. The van der Waals surface area contributed by atoms with Gasteiger partial charge in [0.05, 0.1) is 11.2 Å². The van der Waals surface area contributed by atoms with E-state index in [1.807, 2.05) is 25.1 Å². The van der Waals surface area contributed by atoms with Crippen LogP contribution in [-0.4, -0.2) is 10.9 Å². The van der Waals surface area contributed by atoms with E-state index in [4.69, 9.17) is 0 Å². The van der Waals surface area contributed by atoms with E-state index in [1.54, 1.807) is 29.0 Å². The molecule has 0 saturated carbocycles. The van der Waals surface area contributed by atoms with Crippen molar-refractivity contribution in [1.29, 1.82) is 0 Å². The van der Waals surface area contributed by atoms with E-state index >= 15 is 0 Å². The molecule has 19 heavy (non-hydrogen) atoms. The fourth-order valence-electron chi connectivity index (χ4n) is 2.31. The fourth-order valence-corrected chi connectivity index (χ4v) is 2.31. The molecule has 3 aromatic rings. The second-order valence-electron chi connectivity index (χ2n) is 4.54. The standard InChI is InChI=1S/C16H12FNO/c1-11-6-7-15-13(8-11)12(10-19)9-18(15)16-5-3-2-4-14(16)17/h2-10H,1H3. The van der Waals surface area contributed by atoms with E-state index < -0.39 is 0 Å². The number of aldehydes is 1. The molecule has 0 unspecified atom stereocenters. The molecule has 0 atom stereocenters. The monoisotopic (exact) mass is 253 g/mol. The minimum Gasteiger partial charge on any atom is -0.313 e. The Kier molecular flexibility index (Phi) is 2.67. The van der Waals surface area contributed by atoms with Crippen LogP contribution in [0.2, 0.25) is 0 Å². The summed E-state index contributed by atoms with van der Waals surface area (Å²) in [6, 6.07) is 12.3. The van der Waals surface area contributed by atoms with Crippen molar-refractivity contribution in [3.8, 4) is 5.69 Å². The summed E-state index contributed by atoms with van der Waals surface area (Å²) in [4.78, 5) is 11.2. The van der Waals surface area contributed by atoms with Gasteiger partial charge < -0.3 is 4.57 Å². The van der Waals surface area contributed by atoms with Crippen LogP contribution in [0.4, 0.5) is 4.39 Å². The maximum absolute atomic E-state index is 13.9. The zero-order valence-corrected chi connectivity index (χ0v) is 10.4. The van der Waals surface area contributed by atoms with Gasteiger partial charge in [0.25, 0.3) is 0 Å². The van der Waals surface area contributed by atoms with E-state index in [-0.39, 0.29) is 5.82 Å². The number of benzene rings is 2. The Balaban J connectivity index is 2.37. The fraction of sp³-hybridized carbons (Fsp3) is 0.0625. The molecule has 0 fully saturated rings. The third-order valence-corrected chi connectivity index (χ3v) is 3.23. The Morgan fingerprint density at radius 1 is 1.16 bits per heavy atom. The summed E-state index contributed by atoms with van der Waals surface area (Å²) in [5.41, 5.74) is 2.92. The van der Waals surface area contributed by atoms with E-state index in [2.05, 4.69) is 0 Å². The Labute approximate surface area is 110 Å². The highest BCUT2D eigenvalue weighted by Crippen LogP contribution is 2.26. The summed E-state index contributed by atoms with van der Waals surface area (Å²) >= 11 is 0.